The van der Waals surface area contributed by atoms with Crippen molar-refractivity contribution in [2.24, 2.45) is 0 Å². The Morgan fingerprint density at radius 3 is 2.21 bits per heavy atom. The third-order valence-electron chi connectivity index (χ3n) is 4.67. The van der Waals surface area contributed by atoms with Crippen molar-refractivity contribution in [3.8, 4) is 0 Å². The van der Waals surface area contributed by atoms with Crippen molar-refractivity contribution in [3.63, 3.8) is 0 Å². The maximum Gasteiger partial charge on any atom is 0.253 e. The third-order valence-corrected chi connectivity index (χ3v) is 4.67. The Balaban J connectivity index is 1.69. The standard InChI is InChI=1S/C24H25N3O2/c1-26(2)24(29)21-13-10-19(11-14-21)12-15-23(28)27(22-8-4-3-5-9-22)18-20-7-6-16-25-17-20/h3-11,13-14,16-17H,12,15,18H2,1-2H3. The first-order valence-electron chi connectivity index (χ1n) is 9.59. The molecular weight excluding hydrogens is 362 g/mol. The molecule has 0 bridgehead atoms. The second-order valence-corrected chi connectivity index (χ2v) is 7.07. The molecule has 2 amide bonds. The van der Waals surface area contributed by atoms with Gasteiger partial charge in [0.25, 0.3) is 5.91 Å². The fourth-order valence-corrected chi connectivity index (χ4v) is 3.06. The van der Waals surface area contributed by atoms with E-state index < -0.39 is 0 Å². The Hall–Kier alpha value is -3.47. The normalized spacial score (nSPS) is 10.4. The van der Waals surface area contributed by atoms with Crippen LogP contribution in [0, 0.1) is 0 Å². The molecule has 0 saturated carbocycles. The molecule has 0 unspecified atom stereocenters. The minimum absolute atomic E-state index is 0.0284. The zero-order chi connectivity index (χ0) is 20.6. The molecule has 148 valence electrons. The quantitative estimate of drug-likeness (QED) is 0.617. The molecule has 3 rings (SSSR count). The molecule has 0 fully saturated rings. The van der Waals surface area contributed by atoms with E-state index in [4.69, 9.17) is 0 Å². The molecule has 0 aliphatic rings. The average molecular weight is 387 g/mol. The SMILES string of the molecule is CN(C)C(=O)c1ccc(CCC(=O)N(Cc2cccnc2)c2ccccc2)cc1. The summed E-state index contributed by atoms with van der Waals surface area (Å²) in [6.07, 6.45) is 4.51. The lowest BCUT2D eigenvalue weighted by molar-refractivity contribution is -0.118. The third kappa shape index (κ3) is 5.51. The summed E-state index contributed by atoms with van der Waals surface area (Å²) in [6, 6.07) is 21.0. The van der Waals surface area contributed by atoms with Crippen molar-refractivity contribution < 1.29 is 9.59 Å². The van der Waals surface area contributed by atoms with E-state index in [1.165, 1.54) is 0 Å². The summed E-state index contributed by atoms with van der Waals surface area (Å²) in [4.78, 5) is 32.5. The van der Waals surface area contributed by atoms with Crippen LogP contribution in [0.25, 0.3) is 0 Å². The first kappa shape index (κ1) is 20.3. The van der Waals surface area contributed by atoms with Crippen molar-refractivity contribution in [2.45, 2.75) is 19.4 Å². The summed E-state index contributed by atoms with van der Waals surface area (Å²) in [7, 11) is 3.46. The van der Waals surface area contributed by atoms with Gasteiger partial charge in [-0.1, -0.05) is 36.4 Å². The number of para-hydroxylation sites is 1. The van der Waals surface area contributed by atoms with Crippen molar-refractivity contribution >= 4 is 17.5 Å². The summed E-state index contributed by atoms with van der Waals surface area (Å²) >= 11 is 0. The van der Waals surface area contributed by atoms with Gasteiger partial charge < -0.3 is 9.80 Å². The number of benzene rings is 2. The number of pyridine rings is 1. The highest BCUT2D eigenvalue weighted by Gasteiger charge is 2.16. The molecule has 29 heavy (non-hydrogen) atoms. The van der Waals surface area contributed by atoms with Crippen LogP contribution in [0.1, 0.15) is 27.9 Å². The second kappa shape index (κ2) is 9.64. The molecule has 0 N–H and O–H groups in total. The monoisotopic (exact) mass is 387 g/mol. The first-order chi connectivity index (χ1) is 14.0. The highest BCUT2D eigenvalue weighted by molar-refractivity contribution is 5.94. The van der Waals surface area contributed by atoms with E-state index in [0.29, 0.717) is 24.9 Å². The number of anilines is 1. The topological polar surface area (TPSA) is 53.5 Å². The van der Waals surface area contributed by atoms with Gasteiger partial charge in [-0.2, -0.15) is 0 Å². The summed E-state index contributed by atoms with van der Waals surface area (Å²) in [5.74, 6) is 0.0212. The van der Waals surface area contributed by atoms with Gasteiger partial charge in [-0.3, -0.25) is 14.6 Å². The van der Waals surface area contributed by atoms with E-state index in [0.717, 1.165) is 16.8 Å². The van der Waals surface area contributed by atoms with Crippen molar-refractivity contribution in [1.29, 1.82) is 0 Å². The number of hydrogen-bond acceptors (Lipinski definition) is 3. The fraction of sp³-hybridized carbons (Fsp3) is 0.208. The molecule has 0 saturated heterocycles. The number of aryl methyl sites for hydroxylation is 1. The van der Waals surface area contributed by atoms with E-state index in [-0.39, 0.29) is 11.8 Å². The van der Waals surface area contributed by atoms with E-state index in [1.54, 1.807) is 36.3 Å². The Morgan fingerprint density at radius 2 is 1.59 bits per heavy atom. The summed E-state index contributed by atoms with van der Waals surface area (Å²) in [5, 5.41) is 0. The van der Waals surface area contributed by atoms with Gasteiger partial charge in [0, 0.05) is 44.2 Å². The van der Waals surface area contributed by atoms with Gasteiger partial charge in [-0.25, -0.2) is 0 Å². The number of carbonyl (C=O) groups excluding carboxylic acids is 2. The summed E-state index contributed by atoms with van der Waals surface area (Å²) in [5.41, 5.74) is 3.53. The zero-order valence-electron chi connectivity index (χ0n) is 16.8. The fourth-order valence-electron chi connectivity index (χ4n) is 3.06. The van der Waals surface area contributed by atoms with Gasteiger partial charge in [0.1, 0.15) is 0 Å². The molecule has 0 spiro atoms. The molecule has 1 heterocycles. The Labute approximate surface area is 171 Å². The predicted octanol–water partition coefficient (Wildman–Crippen LogP) is 3.95. The van der Waals surface area contributed by atoms with Crippen LogP contribution in [-0.4, -0.2) is 35.8 Å². The van der Waals surface area contributed by atoms with E-state index in [9.17, 15) is 9.59 Å². The predicted molar refractivity (Wildman–Crippen MR) is 115 cm³/mol. The van der Waals surface area contributed by atoms with Crippen LogP contribution in [-0.2, 0) is 17.8 Å². The molecule has 1 aromatic heterocycles. The van der Waals surface area contributed by atoms with Crippen LogP contribution in [0.5, 0.6) is 0 Å². The number of aromatic nitrogens is 1. The van der Waals surface area contributed by atoms with Crippen LogP contribution in [0.2, 0.25) is 0 Å². The zero-order valence-corrected chi connectivity index (χ0v) is 16.8. The van der Waals surface area contributed by atoms with Crippen LogP contribution in [0.4, 0.5) is 5.69 Å². The summed E-state index contributed by atoms with van der Waals surface area (Å²) < 4.78 is 0. The lowest BCUT2D eigenvalue weighted by Crippen LogP contribution is -2.30. The summed E-state index contributed by atoms with van der Waals surface area (Å²) in [6.45, 7) is 0.479. The maximum atomic E-state index is 13.0. The molecule has 0 aliphatic carbocycles. The Morgan fingerprint density at radius 1 is 0.862 bits per heavy atom. The van der Waals surface area contributed by atoms with Gasteiger partial charge in [0.05, 0.1) is 6.54 Å². The number of hydrogen-bond donors (Lipinski definition) is 0. The van der Waals surface area contributed by atoms with Gasteiger partial charge in [0.15, 0.2) is 0 Å². The Kier molecular flexibility index (Phi) is 6.74. The van der Waals surface area contributed by atoms with Crippen molar-refractivity contribution in [3.05, 3.63) is 95.8 Å². The van der Waals surface area contributed by atoms with Gasteiger partial charge in [-0.05, 0) is 47.9 Å². The van der Waals surface area contributed by atoms with Crippen LogP contribution in [0.3, 0.4) is 0 Å². The Bertz CT molecular complexity index is 939. The molecule has 3 aromatic rings. The maximum absolute atomic E-state index is 13.0. The van der Waals surface area contributed by atoms with Crippen LogP contribution in [0.15, 0.2) is 79.1 Å². The van der Waals surface area contributed by atoms with Crippen LogP contribution >= 0.6 is 0 Å². The number of nitrogens with zero attached hydrogens (tertiary/aromatic N) is 3. The highest BCUT2D eigenvalue weighted by Crippen LogP contribution is 2.19. The molecular formula is C24H25N3O2. The molecule has 2 aromatic carbocycles. The van der Waals surface area contributed by atoms with Gasteiger partial charge in [0.2, 0.25) is 5.91 Å². The van der Waals surface area contributed by atoms with Crippen molar-refractivity contribution in [2.75, 3.05) is 19.0 Å². The largest absolute Gasteiger partial charge is 0.345 e. The highest BCUT2D eigenvalue weighted by atomic mass is 16.2. The number of rotatable bonds is 7. The second-order valence-electron chi connectivity index (χ2n) is 7.07. The molecule has 0 atom stereocenters. The van der Waals surface area contributed by atoms with Crippen LogP contribution < -0.4 is 4.90 Å². The lowest BCUT2D eigenvalue weighted by Gasteiger charge is -2.23. The minimum atomic E-state index is -0.0284. The van der Waals surface area contributed by atoms with E-state index in [1.807, 2.05) is 66.7 Å². The average Bonchev–Trinajstić information content (AvgIpc) is 2.77. The van der Waals surface area contributed by atoms with E-state index in [2.05, 4.69) is 4.98 Å². The molecule has 0 radical (unpaired) electrons. The molecule has 5 heteroatoms. The molecule has 5 nitrogen and oxygen atoms in total. The van der Waals surface area contributed by atoms with Crippen molar-refractivity contribution in [1.82, 2.24) is 9.88 Å². The number of carbonyl (C=O) groups is 2. The minimum Gasteiger partial charge on any atom is -0.345 e. The number of amides is 2. The smallest absolute Gasteiger partial charge is 0.253 e. The van der Waals surface area contributed by atoms with Gasteiger partial charge >= 0.3 is 0 Å². The lowest BCUT2D eigenvalue weighted by atomic mass is 10.1. The van der Waals surface area contributed by atoms with Gasteiger partial charge in [-0.15, -0.1) is 0 Å². The molecule has 0 aliphatic heterocycles. The first-order valence-corrected chi connectivity index (χ1v) is 9.59. The van der Waals surface area contributed by atoms with E-state index >= 15 is 0 Å².